The summed E-state index contributed by atoms with van der Waals surface area (Å²) in [6.07, 6.45) is 1.68. The fourth-order valence-electron chi connectivity index (χ4n) is 3.69. The Morgan fingerprint density at radius 2 is 1.68 bits per heavy atom. The minimum Gasteiger partial charge on any atom is -0.487 e. The molecule has 4 aromatic rings. The number of aromatic nitrogens is 3. The highest BCUT2D eigenvalue weighted by Gasteiger charge is 2.13. The van der Waals surface area contributed by atoms with Gasteiger partial charge < -0.3 is 15.0 Å². The molecule has 3 aromatic carbocycles. The maximum Gasteiger partial charge on any atom is 0.250 e. The number of ether oxygens (including phenoxy) is 1. The van der Waals surface area contributed by atoms with E-state index in [4.69, 9.17) is 39.5 Å². The van der Waals surface area contributed by atoms with Crippen molar-refractivity contribution < 1.29 is 4.74 Å². The molecular formula is C28H26Cl3I2N7O. The summed E-state index contributed by atoms with van der Waals surface area (Å²) in [5.41, 5.74) is 6.32. The van der Waals surface area contributed by atoms with Crippen LogP contribution in [0.15, 0.2) is 53.6 Å². The fourth-order valence-corrected chi connectivity index (χ4v) is 6.38. The van der Waals surface area contributed by atoms with E-state index in [1.54, 1.807) is 18.3 Å². The highest BCUT2D eigenvalue weighted by atomic mass is 127. The van der Waals surface area contributed by atoms with Gasteiger partial charge >= 0.3 is 0 Å². The lowest BCUT2D eigenvalue weighted by Crippen LogP contribution is -2.25. The Morgan fingerprint density at radius 3 is 2.39 bits per heavy atom. The van der Waals surface area contributed by atoms with Crippen molar-refractivity contribution in [3.8, 4) is 5.75 Å². The van der Waals surface area contributed by atoms with Crippen molar-refractivity contribution in [3.05, 3.63) is 87.4 Å². The van der Waals surface area contributed by atoms with Crippen LogP contribution in [-0.4, -0.2) is 34.3 Å². The number of nitrogens with one attached hydrogen (secondary N) is 2. The van der Waals surface area contributed by atoms with Crippen molar-refractivity contribution in [2.24, 2.45) is 5.10 Å². The van der Waals surface area contributed by atoms with E-state index >= 15 is 0 Å². The summed E-state index contributed by atoms with van der Waals surface area (Å²) in [4.78, 5) is 15.7. The number of hydrogen-bond acceptors (Lipinski definition) is 8. The van der Waals surface area contributed by atoms with Crippen LogP contribution in [0.25, 0.3) is 0 Å². The zero-order valence-corrected chi connectivity index (χ0v) is 28.9. The smallest absolute Gasteiger partial charge is 0.250 e. The van der Waals surface area contributed by atoms with Gasteiger partial charge in [0.25, 0.3) is 0 Å². The topological polar surface area (TPSA) is 87.6 Å². The first-order chi connectivity index (χ1) is 19.7. The molecule has 0 amide bonds. The van der Waals surface area contributed by atoms with Crippen molar-refractivity contribution in [1.29, 1.82) is 0 Å². The lowest BCUT2D eigenvalue weighted by Gasteiger charge is -2.19. The van der Waals surface area contributed by atoms with Crippen LogP contribution in [0.5, 0.6) is 5.75 Å². The van der Waals surface area contributed by atoms with E-state index < -0.39 is 0 Å². The van der Waals surface area contributed by atoms with Crippen molar-refractivity contribution >= 4 is 110 Å². The van der Waals surface area contributed by atoms with Gasteiger partial charge in [0.2, 0.25) is 17.8 Å². The third kappa shape index (κ3) is 8.69. The summed E-state index contributed by atoms with van der Waals surface area (Å²) in [7, 11) is 0. The average Bonchev–Trinajstić information content (AvgIpc) is 2.92. The summed E-state index contributed by atoms with van der Waals surface area (Å²) in [6, 6.07) is 15.0. The van der Waals surface area contributed by atoms with E-state index in [-0.39, 0.29) is 12.6 Å². The van der Waals surface area contributed by atoms with Crippen molar-refractivity contribution in [1.82, 2.24) is 15.0 Å². The molecule has 4 rings (SSSR count). The van der Waals surface area contributed by atoms with Crippen LogP contribution in [0.2, 0.25) is 15.1 Å². The predicted octanol–water partition coefficient (Wildman–Crippen LogP) is 8.96. The summed E-state index contributed by atoms with van der Waals surface area (Å²) in [5, 5.41) is 9.44. The van der Waals surface area contributed by atoms with Gasteiger partial charge in [-0.3, -0.25) is 0 Å². The van der Waals surface area contributed by atoms with E-state index in [0.29, 0.717) is 32.7 Å². The number of rotatable bonds is 11. The minimum absolute atomic E-state index is 0.277. The van der Waals surface area contributed by atoms with Gasteiger partial charge in [0.15, 0.2) is 0 Å². The van der Waals surface area contributed by atoms with Crippen LogP contribution >= 0.6 is 80.0 Å². The molecule has 214 valence electrons. The molecule has 0 saturated carbocycles. The monoisotopic (exact) mass is 835 g/mol. The van der Waals surface area contributed by atoms with E-state index in [1.807, 2.05) is 62.1 Å². The molecule has 0 saturated heterocycles. The first-order valence-corrected chi connectivity index (χ1v) is 15.8. The molecule has 0 atom stereocenters. The van der Waals surface area contributed by atoms with Gasteiger partial charge in [-0.25, -0.2) is 5.43 Å². The van der Waals surface area contributed by atoms with E-state index in [2.05, 4.69) is 76.0 Å². The van der Waals surface area contributed by atoms with Gasteiger partial charge in [0.05, 0.1) is 9.78 Å². The standard InChI is InChI=1S/C28H26Cl3I2N7O/c1-4-40(5-2)28-37-26(35-21-9-6-16(3)22(30)13-21)36-27(38-28)39-34-14-18-10-20(32)12-24(33)25(18)41-15-17-7-8-19(29)11-23(17)31/h6-14H,4-5,15H2,1-3H3,(H2,35,36,37,38,39). The fraction of sp³-hybridized carbons (Fsp3) is 0.214. The second kappa shape index (κ2) is 14.9. The van der Waals surface area contributed by atoms with E-state index in [0.717, 1.165) is 42.6 Å². The number of nitrogens with zero attached hydrogens (tertiary/aromatic N) is 5. The van der Waals surface area contributed by atoms with Crippen LogP contribution in [0.1, 0.15) is 30.5 Å². The number of hydrogen-bond donors (Lipinski definition) is 2. The Bertz CT molecular complexity index is 1570. The van der Waals surface area contributed by atoms with Gasteiger partial charge in [0.1, 0.15) is 12.4 Å². The molecule has 0 radical (unpaired) electrons. The molecule has 0 unspecified atom stereocenters. The van der Waals surface area contributed by atoms with Crippen molar-refractivity contribution in [3.63, 3.8) is 0 Å². The molecule has 2 N–H and O–H groups in total. The molecule has 1 heterocycles. The molecule has 0 aliphatic heterocycles. The predicted molar refractivity (Wildman–Crippen MR) is 187 cm³/mol. The van der Waals surface area contributed by atoms with Gasteiger partial charge in [0, 0.05) is 48.5 Å². The lowest BCUT2D eigenvalue weighted by atomic mass is 10.2. The number of hydrazone groups is 1. The molecule has 41 heavy (non-hydrogen) atoms. The maximum absolute atomic E-state index is 6.35. The Hall–Kier alpha value is -2.13. The maximum atomic E-state index is 6.35. The Kier molecular flexibility index (Phi) is 11.5. The number of anilines is 4. The molecule has 0 aliphatic rings. The molecule has 0 fully saturated rings. The zero-order chi connectivity index (χ0) is 29.5. The Balaban J connectivity index is 1.59. The average molecular weight is 837 g/mol. The molecule has 13 heteroatoms. The molecule has 1 aromatic heterocycles. The molecule has 0 bridgehead atoms. The number of benzene rings is 3. The lowest BCUT2D eigenvalue weighted by molar-refractivity contribution is 0.303. The second-order valence-corrected chi connectivity index (χ2v) is 12.4. The van der Waals surface area contributed by atoms with Crippen LogP contribution in [0, 0.1) is 14.1 Å². The van der Waals surface area contributed by atoms with Crippen molar-refractivity contribution in [2.75, 3.05) is 28.7 Å². The summed E-state index contributed by atoms with van der Waals surface area (Å²) >= 11 is 23.2. The SMILES string of the molecule is CCN(CC)c1nc(NN=Cc2cc(I)cc(I)c2OCc2ccc(Cl)cc2Cl)nc(Nc2ccc(C)c(Cl)c2)n1. The number of aryl methyl sites for hydroxylation is 1. The molecule has 0 aliphatic carbocycles. The Labute approximate surface area is 281 Å². The summed E-state index contributed by atoms with van der Waals surface area (Å²) in [6.45, 7) is 7.79. The third-order valence-corrected chi connectivity index (χ3v) is 8.31. The zero-order valence-electron chi connectivity index (χ0n) is 22.4. The van der Waals surface area contributed by atoms with Gasteiger partial charge in [-0.15, -0.1) is 0 Å². The second-order valence-electron chi connectivity index (χ2n) is 8.74. The first kappa shape index (κ1) is 31.8. The Morgan fingerprint density at radius 1 is 0.927 bits per heavy atom. The largest absolute Gasteiger partial charge is 0.487 e. The highest BCUT2D eigenvalue weighted by molar-refractivity contribution is 14.1. The summed E-state index contributed by atoms with van der Waals surface area (Å²) in [5.74, 6) is 1.86. The van der Waals surface area contributed by atoms with Crippen LogP contribution < -0.4 is 20.4 Å². The van der Waals surface area contributed by atoms with E-state index in [1.165, 1.54) is 0 Å². The molecule has 0 spiro atoms. The quantitative estimate of drug-likeness (QED) is 0.0887. The molecular weight excluding hydrogens is 811 g/mol. The minimum atomic E-state index is 0.277. The van der Waals surface area contributed by atoms with Crippen LogP contribution in [-0.2, 0) is 6.61 Å². The first-order valence-electron chi connectivity index (χ1n) is 12.6. The van der Waals surface area contributed by atoms with E-state index in [9.17, 15) is 0 Å². The molecule has 8 nitrogen and oxygen atoms in total. The summed E-state index contributed by atoms with van der Waals surface area (Å²) < 4.78 is 8.17. The van der Waals surface area contributed by atoms with Gasteiger partial charge in [-0.05, 0) is 108 Å². The third-order valence-electron chi connectivity index (χ3n) is 5.89. The van der Waals surface area contributed by atoms with Crippen molar-refractivity contribution in [2.45, 2.75) is 27.4 Å². The normalized spacial score (nSPS) is 11.1. The highest BCUT2D eigenvalue weighted by Crippen LogP contribution is 2.30. The van der Waals surface area contributed by atoms with Gasteiger partial charge in [-0.1, -0.05) is 46.9 Å². The van der Waals surface area contributed by atoms with Crippen LogP contribution in [0.4, 0.5) is 23.5 Å². The number of halogens is 5. The van der Waals surface area contributed by atoms with Gasteiger partial charge in [-0.2, -0.15) is 20.1 Å². The van der Waals surface area contributed by atoms with Crippen LogP contribution in [0.3, 0.4) is 0 Å².